The summed E-state index contributed by atoms with van der Waals surface area (Å²) in [6.07, 6.45) is 3.16. The van der Waals surface area contributed by atoms with E-state index in [1.807, 2.05) is 32.0 Å². The number of aryl methyl sites for hydroxylation is 2. The molecule has 8 nitrogen and oxygen atoms in total. The van der Waals surface area contributed by atoms with Crippen LogP contribution in [-0.2, 0) is 11.3 Å². The van der Waals surface area contributed by atoms with Gasteiger partial charge in [-0.1, -0.05) is 29.5 Å². The summed E-state index contributed by atoms with van der Waals surface area (Å²) in [6, 6.07) is 8.74. The van der Waals surface area contributed by atoms with Gasteiger partial charge in [-0.25, -0.2) is 4.79 Å². The lowest BCUT2D eigenvalue weighted by molar-refractivity contribution is -0.117. The number of anilines is 1. The van der Waals surface area contributed by atoms with E-state index in [0.29, 0.717) is 17.4 Å². The summed E-state index contributed by atoms with van der Waals surface area (Å²) in [7, 11) is 0. The largest absolute Gasteiger partial charge is 0.467 e. The van der Waals surface area contributed by atoms with Crippen LogP contribution in [0.1, 0.15) is 16.9 Å². The molecule has 2 N–H and O–H groups in total. The van der Waals surface area contributed by atoms with Crippen molar-refractivity contribution in [3.05, 3.63) is 59.8 Å². The summed E-state index contributed by atoms with van der Waals surface area (Å²) in [6.45, 7) is 4.34. The Bertz CT molecular complexity index is 936. The molecule has 0 unspecified atom stereocenters. The van der Waals surface area contributed by atoms with Gasteiger partial charge in [0.1, 0.15) is 12.1 Å². The quantitative estimate of drug-likeness (QED) is 0.633. The highest BCUT2D eigenvalue weighted by Gasteiger charge is 2.13. The van der Waals surface area contributed by atoms with Crippen molar-refractivity contribution in [1.82, 2.24) is 20.1 Å². The maximum atomic E-state index is 12.0. The first-order chi connectivity index (χ1) is 13.0. The molecule has 0 aliphatic rings. The van der Waals surface area contributed by atoms with Crippen LogP contribution in [0.25, 0.3) is 0 Å². The van der Waals surface area contributed by atoms with E-state index in [1.54, 1.807) is 29.3 Å². The molecule has 0 aliphatic carbocycles. The number of amides is 3. The lowest BCUT2D eigenvalue weighted by Crippen LogP contribution is -2.35. The van der Waals surface area contributed by atoms with Crippen LogP contribution in [0.4, 0.5) is 10.5 Å². The van der Waals surface area contributed by atoms with Crippen LogP contribution in [0.15, 0.2) is 52.5 Å². The zero-order valence-corrected chi connectivity index (χ0v) is 15.7. The first-order valence-electron chi connectivity index (χ1n) is 8.22. The van der Waals surface area contributed by atoms with Gasteiger partial charge in [0.25, 0.3) is 0 Å². The minimum atomic E-state index is -0.565. The number of rotatable bonds is 6. The van der Waals surface area contributed by atoms with Crippen molar-refractivity contribution in [1.29, 1.82) is 0 Å². The van der Waals surface area contributed by atoms with Gasteiger partial charge in [0, 0.05) is 5.69 Å². The molecule has 0 aliphatic heterocycles. The van der Waals surface area contributed by atoms with Gasteiger partial charge in [0.05, 0.1) is 18.6 Å². The van der Waals surface area contributed by atoms with Crippen LogP contribution < -0.4 is 10.6 Å². The summed E-state index contributed by atoms with van der Waals surface area (Å²) >= 11 is 1.19. The molecule has 0 radical (unpaired) electrons. The van der Waals surface area contributed by atoms with Crippen molar-refractivity contribution in [2.24, 2.45) is 0 Å². The number of aromatic nitrogens is 3. The molecule has 2 aromatic heterocycles. The number of carbonyl (C=O) groups excluding carboxylic acids is 2. The Balaban J connectivity index is 1.50. The van der Waals surface area contributed by atoms with E-state index in [0.717, 1.165) is 16.9 Å². The summed E-state index contributed by atoms with van der Waals surface area (Å²) in [4.78, 5) is 24.0. The van der Waals surface area contributed by atoms with Gasteiger partial charge >= 0.3 is 6.03 Å². The van der Waals surface area contributed by atoms with Gasteiger partial charge in [-0.15, -0.1) is 10.2 Å². The van der Waals surface area contributed by atoms with Crippen molar-refractivity contribution in [2.75, 3.05) is 11.1 Å². The van der Waals surface area contributed by atoms with E-state index in [2.05, 4.69) is 20.8 Å². The summed E-state index contributed by atoms with van der Waals surface area (Å²) in [5.74, 6) is 0.376. The number of furan rings is 1. The van der Waals surface area contributed by atoms with Crippen LogP contribution in [0.3, 0.4) is 0 Å². The summed E-state index contributed by atoms with van der Waals surface area (Å²) < 4.78 is 7.07. The summed E-state index contributed by atoms with van der Waals surface area (Å²) in [5.41, 5.74) is 2.69. The van der Waals surface area contributed by atoms with Gasteiger partial charge in [-0.05, 0) is 37.6 Å². The van der Waals surface area contributed by atoms with Gasteiger partial charge in [-0.3, -0.25) is 10.1 Å². The Morgan fingerprint density at radius 2 is 2.11 bits per heavy atom. The highest BCUT2D eigenvalue weighted by molar-refractivity contribution is 7.99. The normalized spacial score (nSPS) is 10.6. The van der Waals surface area contributed by atoms with Crippen LogP contribution >= 0.6 is 11.8 Å². The number of carbonyl (C=O) groups is 2. The maximum Gasteiger partial charge on any atom is 0.325 e. The van der Waals surface area contributed by atoms with E-state index in [-0.39, 0.29) is 5.75 Å². The van der Waals surface area contributed by atoms with Crippen LogP contribution in [-0.4, -0.2) is 32.5 Å². The second-order valence-electron chi connectivity index (χ2n) is 5.93. The predicted octanol–water partition coefficient (Wildman–Crippen LogP) is 2.98. The molecular weight excluding hydrogens is 366 g/mol. The molecule has 27 heavy (non-hydrogen) atoms. The van der Waals surface area contributed by atoms with E-state index in [9.17, 15) is 9.59 Å². The van der Waals surface area contributed by atoms with Gasteiger partial charge in [0.2, 0.25) is 5.91 Å². The van der Waals surface area contributed by atoms with E-state index in [4.69, 9.17) is 4.42 Å². The zero-order chi connectivity index (χ0) is 19.2. The second-order valence-corrected chi connectivity index (χ2v) is 6.87. The van der Waals surface area contributed by atoms with E-state index >= 15 is 0 Å². The first-order valence-corrected chi connectivity index (χ1v) is 9.21. The topological polar surface area (TPSA) is 102 Å². The van der Waals surface area contributed by atoms with Crippen LogP contribution in [0, 0.1) is 13.8 Å². The molecular formula is C18H19N5O3S. The number of imide groups is 1. The van der Waals surface area contributed by atoms with E-state index < -0.39 is 11.9 Å². The van der Waals surface area contributed by atoms with Crippen LogP contribution in [0.2, 0.25) is 0 Å². The molecule has 0 atom stereocenters. The van der Waals surface area contributed by atoms with Crippen LogP contribution in [0.5, 0.6) is 0 Å². The summed E-state index contributed by atoms with van der Waals surface area (Å²) in [5, 5.41) is 13.4. The monoisotopic (exact) mass is 385 g/mol. The number of urea groups is 1. The number of hydrogen-bond acceptors (Lipinski definition) is 6. The minimum Gasteiger partial charge on any atom is -0.467 e. The number of hydrogen-bond donors (Lipinski definition) is 2. The molecule has 0 saturated carbocycles. The molecule has 1 aromatic carbocycles. The highest BCUT2D eigenvalue weighted by Crippen LogP contribution is 2.17. The molecule has 3 rings (SSSR count). The number of thioether (sulfide) groups is 1. The van der Waals surface area contributed by atoms with Gasteiger partial charge < -0.3 is 14.3 Å². The zero-order valence-electron chi connectivity index (χ0n) is 14.9. The molecule has 0 saturated heterocycles. The fourth-order valence-corrected chi connectivity index (χ4v) is 3.15. The van der Waals surface area contributed by atoms with E-state index in [1.165, 1.54) is 11.8 Å². The Morgan fingerprint density at radius 3 is 2.85 bits per heavy atom. The number of nitrogens with one attached hydrogen (secondary N) is 2. The smallest absolute Gasteiger partial charge is 0.325 e. The fourth-order valence-electron chi connectivity index (χ4n) is 2.44. The van der Waals surface area contributed by atoms with Gasteiger partial charge in [0.15, 0.2) is 5.16 Å². The van der Waals surface area contributed by atoms with Crippen molar-refractivity contribution in [3.63, 3.8) is 0 Å². The second kappa shape index (κ2) is 8.54. The standard InChI is InChI=1S/C18H19N5O3S/c1-12-5-6-15(13(2)8-12)20-17(25)21-16(24)10-27-18-22-19-11-23(18)9-14-4-3-7-26-14/h3-8,11H,9-10H2,1-2H3,(H2,20,21,24,25). The van der Waals surface area contributed by atoms with Crippen molar-refractivity contribution < 1.29 is 14.0 Å². The number of nitrogens with zero attached hydrogens (tertiary/aromatic N) is 3. The maximum absolute atomic E-state index is 12.0. The lowest BCUT2D eigenvalue weighted by atomic mass is 10.1. The average molecular weight is 385 g/mol. The average Bonchev–Trinajstić information content (AvgIpc) is 3.28. The van der Waals surface area contributed by atoms with Crippen molar-refractivity contribution in [2.45, 2.75) is 25.5 Å². The SMILES string of the molecule is Cc1ccc(NC(=O)NC(=O)CSc2nncn2Cc2ccco2)c(C)c1. The molecule has 140 valence electrons. The molecule has 9 heteroatoms. The first kappa shape index (κ1) is 18.7. The lowest BCUT2D eigenvalue weighted by Gasteiger charge is -2.10. The van der Waals surface area contributed by atoms with Crippen molar-refractivity contribution >= 4 is 29.4 Å². The molecule has 2 heterocycles. The third-order valence-corrected chi connectivity index (χ3v) is 4.68. The molecule has 0 fully saturated rings. The fraction of sp³-hybridized carbons (Fsp3) is 0.222. The van der Waals surface area contributed by atoms with Crippen molar-refractivity contribution in [3.8, 4) is 0 Å². The predicted molar refractivity (Wildman–Crippen MR) is 102 cm³/mol. The molecule has 3 amide bonds. The number of benzene rings is 1. The third-order valence-electron chi connectivity index (χ3n) is 3.70. The Kier molecular flexibility index (Phi) is 5.92. The molecule has 3 aromatic rings. The highest BCUT2D eigenvalue weighted by atomic mass is 32.2. The minimum absolute atomic E-state index is 0.0388. The molecule has 0 bridgehead atoms. The Morgan fingerprint density at radius 1 is 1.26 bits per heavy atom. The third kappa shape index (κ3) is 5.20. The Labute approximate surface area is 160 Å². The molecule has 0 spiro atoms. The van der Waals surface area contributed by atoms with Gasteiger partial charge in [-0.2, -0.15) is 0 Å². The Hall–Kier alpha value is -3.07.